The number of amides is 1. The number of aromatic hydroxyl groups is 1. The Morgan fingerprint density at radius 3 is 2.66 bits per heavy atom. The van der Waals surface area contributed by atoms with E-state index in [0.29, 0.717) is 53.5 Å². The van der Waals surface area contributed by atoms with E-state index in [9.17, 15) is 14.3 Å². The number of halogens is 2. The smallest absolute Gasteiger partial charge is 0.318 e. The summed E-state index contributed by atoms with van der Waals surface area (Å²) in [4.78, 5) is 31.0. The second-order valence-corrected chi connectivity index (χ2v) is 16.2. The van der Waals surface area contributed by atoms with Crippen molar-refractivity contribution < 1.29 is 28.2 Å². The Kier molecular flexibility index (Phi) is 12.3. The zero-order valence-electron chi connectivity index (χ0n) is 32.7. The predicted octanol–water partition coefficient (Wildman–Crippen LogP) is 5.58. The summed E-state index contributed by atoms with van der Waals surface area (Å²) in [5.74, 6) is 2.42. The first kappa shape index (κ1) is 39.7. The van der Waals surface area contributed by atoms with Crippen LogP contribution < -0.4 is 19.9 Å². The lowest BCUT2D eigenvalue weighted by Gasteiger charge is -2.45. The average molecular weight is 772 g/mol. The van der Waals surface area contributed by atoms with Crippen molar-refractivity contribution in [3.63, 3.8) is 0 Å². The SMILES string of the molecule is C#Cc1c(F)ccc2cc(O)cc(N(C)Cc3cc(N4CCCCC(NC(=O)C=C)C4)nc(OC[C@]4(C)C[C@@H](F)CN4C4CCN(C5CCOCC5)CC4)n3)c12. The standard InChI is InChI=1S/C43H55F2N7O4/c1-5-36-37(45)11-10-29-21-35(53)23-38(41(29)36)49(4)26-32-22-39(51-16-8-7-9-31(27-51)46-40(54)6-2)48-42(47-32)56-28-43(3)24-30(44)25-52(43)34-12-17-50(18-13-34)33-14-19-55-20-15-33/h1,6,10-11,21-23,30-31,33-34,53H,2,7-9,12-20,24-28H2,3-4H3,(H,46,54)/t30-,31?,43+/m1/s1. The lowest BCUT2D eigenvalue weighted by molar-refractivity contribution is -0.117. The number of terminal acetylenes is 1. The second-order valence-electron chi connectivity index (χ2n) is 16.2. The molecule has 7 rings (SSSR count). The van der Waals surface area contributed by atoms with E-state index in [1.807, 2.05) is 18.0 Å². The van der Waals surface area contributed by atoms with Crippen molar-refractivity contribution in [1.29, 1.82) is 0 Å². The molecule has 4 saturated heterocycles. The average Bonchev–Trinajstić information content (AvgIpc) is 3.33. The van der Waals surface area contributed by atoms with Crippen molar-refractivity contribution in [2.24, 2.45) is 0 Å². The molecule has 3 atom stereocenters. The number of ether oxygens (including phenoxy) is 2. The van der Waals surface area contributed by atoms with Gasteiger partial charge in [0.1, 0.15) is 30.2 Å². The number of likely N-dealkylation sites (tertiary alicyclic amines) is 2. The first-order valence-corrected chi connectivity index (χ1v) is 20.1. The Morgan fingerprint density at radius 2 is 1.91 bits per heavy atom. The molecule has 4 aliphatic heterocycles. The highest BCUT2D eigenvalue weighted by atomic mass is 19.1. The minimum Gasteiger partial charge on any atom is -0.508 e. The van der Waals surface area contributed by atoms with Crippen molar-refractivity contribution >= 4 is 28.2 Å². The van der Waals surface area contributed by atoms with Crippen LogP contribution in [0.2, 0.25) is 0 Å². The first-order valence-electron chi connectivity index (χ1n) is 20.1. The van der Waals surface area contributed by atoms with Gasteiger partial charge in [0.25, 0.3) is 0 Å². The minimum absolute atomic E-state index is 0.0216. The molecule has 0 radical (unpaired) electrons. The van der Waals surface area contributed by atoms with E-state index in [-0.39, 0.29) is 48.5 Å². The van der Waals surface area contributed by atoms with Crippen LogP contribution in [-0.4, -0.2) is 120 Å². The number of carbonyl (C=O) groups excluding carboxylic acids is 1. The second kappa shape index (κ2) is 17.3. The molecule has 0 aliphatic carbocycles. The van der Waals surface area contributed by atoms with Crippen molar-refractivity contribution in [3.05, 3.63) is 60.1 Å². The summed E-state index contributed by atoms with van der Waals surface area (Å²) in [5.41, 5.74) is 0.725. The van der Waals surface area contributed by atoms with Gasteiger partial charge in [0.05, 0.1) is 23.3 Å². The summed E-state index contributed by atoms with van der Waals surface area (Å²) in [6.45, 7) is 11.4. The van der Waals surface area contributed by atoms with Crippen molar-refractivity contribution in [1.82, 2.24) is 25.1 Å². The number of hydrogen-bond donors (Lipinski definition) is 2. The fourth-order valence-corrected chi connectivity index (χ4v) is 9.33. The van der Waals surface area contributed by atoms with E-state index < -0.39 is 17.5 Å². The molecule has 2 aromatic carbocycles. The molecule has 11 nitrogen and oxygen atoms in total. The van der Waals surface area contributed by atoms with Gasteiger partial charge >= 0.3 is 6.01 Å². The monoisotopic (exact) mass is 771 g/mol. The van der Waals surface area contributed by atoms with E-state index in [1.54, 1.807) is 18.2 Å². The van der Waals surface area contributed by atoms with E-state index in [4.69, 9.17) is 25.9 Å². The third-order valence-electron chi connectivity index (χ3n) is 12.2. The molecule has 56 heavy (non-hydrogen) atoms. The maximum absolute atomic E-state index is 15.3. The highest BCUT2D eigenvalue weighted by Crippen LogP contribution is 2.38. The summed E-state index contributed by atoms with van der Waals surface area (Å²) < 4.78 is 42.4. The zero-order chi connectivity index (χ0) is 39.4. The Balaban J connectivity index is 1.15. The number of piperidine rings is 1. The molecule has 1 unspecified atom stereocenters. The number of fused-ring (bicyclic) bond motifs is 1. The fourth-order valence-electron chi connectivity index (χ4n) is 9.33. The maximum Gasteiger partial charge on any atom is 0.318 e. The van der Waals surface area contributed by atoms with Gasteiger partial charge in [-0.3, -0.25) is 9.69 Å². The van der Waals surface area contributed by atoms with E-state index in [2.05, 4.69) is 39.4 Å². The summed E-state index contributed by atoms with van der Waals surface area (Å²) in [6.07, 6.45) is 13.2. The highest BCUT2D eigenvalue weighted by molar-refractivity contribution is 6.00. The Bertz CT molecular complexity index is 1930. The van der Waals surface area contributed by atoms with Gasteiger partial charge < -0.3 is 34.6 Å². The van der Waals surface area contributed by atoms with Crippen LogP contribution in [0.15, 0.2) is 43.0 Å². The summed E-state index contributed by atoms with van der Waals surface area (Å²) in [6, 6.07) is 8.84. The van der Waals surface area contributed by atoms with Crippen LogP contribution in [0.4, 0.5) is 20.3 Å². The van der Waals surface area contributed by atoms with Gasteiger partial charge in [0.2, 0.25) is 5.91 Å². The number of rotatable bonds is 11. The van der Waals surface area contributed by atoms with Gasteiger partial charge in [-0.15, -0.1) is 6.42 Å². The largest absolute Gasteiger partial charge is 0.508 e. The Morgan fingerprint density at radius 1 is 1.12 bits per heavy atom. The molecule has 4 fully saturated rings. The molecule has 1 amide bonds. The molecule has 1 aromatic heterocycles. The van der Waals surface area contributed by atoms with Crippen molar-refractivity contribution in [3.8, 4) is 24.1 Å². The van der Waals surface area contributed by atoms with Crippen molar-refractivity contribution in [2.75, 3.05) is 69.4 Å². The quantitative estimate of drug-likeness (QED) is 0.190. The number of nitrogens with zero attached hydrogens (tertiary/aromatic N) is 6. The molecule has 13 heteroatoms. The number of phenols is 1. The van der Waals surface area contributed by atoms with Crippen LogP contribution in [-0.2, 0) is 16.1 Å². The highest BCUT2D eigenvalue weighted by Gasteiger charge is 2.47. The molecule has 5 heterocycles. The number of nitrogens with one attached hydrogen (secondary N) is 1. The summed E-state index contributed by atoms with van der Waals surface area (Å²) >= 11 is 0. The van der Waals surface area contributed by atoms with Gasteiger partial charge in [-0.25, -0.2) is 8.78 Å². The van der Waals surface area contributed by atoms with Crippen molar-refractivity contribution in [2.45, 2.75) is 94.7 Å². The van der Waals surface area contributed by atoms with Gasteiger partial charge in [-0.1, -0.05) is 18.6 Å². The van der Waals surface area contributed by atoms with Gasteiger partial charge in [-0.2, -0.15) is 9.97 Å². The lowest BCUT2D eigenvalue weighted by atomic mass is 9.93. The Labute approximate surface area is 329 Å². The van der Waals surface area contributed by atoms with Crippen LogP contribution in [0, 0.1) is 18.2 Å². The molecule has 3 aromatic rings. The molecule has 0 bridgehead atoms. The van der Waals surface area contributed by atoms with Gasteiger partial charge in [0.15, 0.2) is 0 Å². The molecule has 4 aliphatic rings. The van der Waals surface area contributed by atoms with Crippen LogP contribution in [0.25, 0.3) is 10.8 Å². The number of carbonyl (C=O) groups is 1. The number of hydrogen-bond acceptors (Lipinski definition) is 10. The number of phenolic OH excluding ortho intramolecular Hbond substituents is 1. The third kappa shape index (κ3) is 8.88. The minimum atomic E-state index is -0.955. The molecular weight excluding hydrogens is 717 g/mol. The summed E-state index contributed by atoms with van der Waals surface area (Å²) in [7, 11) is 1.83. The fraction of sp³-hybridized carbons (Fsp3) is 0.558. The molecule has 2 N–H and O–H groups in total. The normalized spacial score (nSPS) is 24.4. The van der Waals surface area contributed by atoms with E-state index in [1.165, 1.54) is 12.1 Å². The van der Waals surface area contributed by atoms with E-state index >= 15 is 4.39 Å². The molecular formula is C43H55F2N7O4. The Hall–Kier alpha value is -4.51. The number of alkyl halides is 1. The molecule has 300 valence electrons. The lowest BCUT2D eigenvalue weighted by Crippen LogP contribution is -2.55. The molecule has 0 spiro atoms. The molecule has 0 saturated carbocycles. The number of anilines is 2. The van der Waals surface area contributed by atoms with Gasteiger partial charge in [-0.05, 0) is 88.6 Å². The number of aromatic nitrogens is 2. The maximum atomic E-state index is 15.3. The number of benzene rings is 2. The predicted molar refractivity (Wildman–Crippen MR) is 214 cm³/mol. The van der Waals surface area contributed by atoms with Crippen LogP contribution in [0.3, 0.4) is 0 Å². The van der Waals surface area contributed by atoms with Crippen LogP contribution >= 0.6 is 0 Å². The van der Waals surface area contributed by atoms with E-state index in [0.717, 1.165) is 77.8 Å². The first-order chi connectivity index (χ1) is 27.0. The van der Waals surface area contributed by atoms with Crippen LogP contribution in [0.1, 0.15) is 69.5 Å². The van der Waals surface area contributed by atoms with Crippen LogP contribution in [0.5, 0.6) is 11.8 Å². The zero-order valence-corrected chi connectivity index (χ0v) is 32.7. The summed E-state index contributed by atoms with van der Waals surface area (Å²) in [5, 5.41) is 14.8. The third-order valence-corrected chi connectivity index (χ3v) is 12.2. The van der Waals surface area contributed by atoms with Gasteiger partial charge in [0, 0.05) is 87.6 Å². The topological polar surface area (TPSA) is 107 Å².